The molecular formula is C20H31IN4O3. The Balaban J connectivity index is 0.00000392. The second-order valence-electron chi connectivity index (χ2n) is 6.08. The van der Waals surface area contributed by atoms with Gasteiger partial charge in [0, 0.05) is 30.8 Å². The third kappa shape index (κ3) is 6.57. The minimum absolute atomic E-state index is 0. The van der Waals surface area contributed by atoms with Crippen molar-refractivity contribution < 1.29 is 14.0 Å². The van der Waals surface area contributed by atoms with E-state index in [9.17, 15) is 0 Å². The first-order valence-electron chi connectivity index (χ1n) is 9.39. The molecule has 1 aromatic carbocycles. The zero-order valence-electron chi connectivity index (χ0n) is 17.2. The molecule has 1 heterocycles. The molecule has 0 radical (unpaired) electrons. The van der Waals surface area contributed by atoms with Crippen LogP contribution < -0.4 is 20.1 Å². The summed E-state index contributed by atoms with van der Waals surface area (Å²) < 4.78 is 16.4. The van der Waals surface area contributed by atoms with Gasteiger partial charge in [-0.1, -0.05) is 19.0 Å². The highest BCUT2D eigenvalue weighted by atomic mass is 127. The number of aromatic nitrogens is 1. The molecule has 0 atom stereocenters. The first-order chi connectivity index (χ1) is 13.1. The molecule has 0 aliphatic heterocycles. The van der Waals surface area contributed by atoms with E-state index in [0.29, 0.717) is 36.5 Å². The number of anilines is 1. The van der Waals surface area contributed by atoms with Gasteiger partial charge < -0.3 is 24.6 Å². The number of nitrogens with one attached hydrogen (secondary N) is 2. The molecule has 0 unspecified atom stereocenters. The van der Waals surface area contributed by atoms with E-state index in [2.05, 4.69) is 34.6 Å². The lowest BCUT2D eigenvalue weighted by Crippen LogP contribution is -2.30. The lowest BCUT2D eigenvalue weighted by atomic mass is 9.99. The molecule has 8 heteroatoms. The first kappa shape index (κ1) is 24.1. The summed E-state index contributed by atoms with van der Waals surface area (Å²) in [7, 11) is 3.34. The van der Waals surface area contributed by atoms with E-state index in [1.54, 1.807) is 14.2 Å². The van der Waals surface area contributed by atoms with Crippen molar-refractivity contribution in [2.45, 2.75) is 46.1 Å². The smallest absolute Gasteiger partial charge is 0.195 e. The van der Waals surface area contributed by atoms with E-state index in [1.165, 1.54) is 0 Å². The molecule has 0 aliphatic carbocycles. The molecule has 7 nitrogen and oxygen atoms in total. The molecule has 2 rings (SSSR count). The molecule has 0 fully saturated rings. The molecule has 0 saturated carbocycles. The van der Waals surface area contributed by atoms with Crippen molar-refractivity contribution in [1.82, 2.24) is 10.5 Å². The summed E-state index contributed by atoms with van der Waals surface area (Å²) in [5.41, 5.74) is 1.86. The van der Waals surface area contributed by atoms with Gasteiger partial charge in [0.25, 0.3) is 0 Å². The van der Waals surface area contributed by atoms with Gasteiger partial charge in [-0.2, -0.15) is 0 Å². The lowest BCUT2D eigenvalue weighted by Gasteiger charge is -2.14. The summed E-state index contributed by atoms with van der Waals surface area (Å²) in [5, 5.41) is 10.7. The summed E-state index contributed by atoms with van der Waals surface area (Å²) >= 11 is 0. The van der Waals surface area contributed by atoms with Crippen LogP contribution in [0.3, 0.4) is 0 Å². The second-order valence-corrected chi connectivity index (χ2v) is 6.08. The summed E-state index contributed by atoms with van der Waals surface area (Å²) in [5.74, 6) is 3.23. The molecule has 28 heavy (non-hydrogen) atoms. The van der Waals surface area contributed by atoms with E-state index in [1.807, 2.05) is 31.2 Å². The number of hydrogen-bond donors (Lipinski definition) is 2. The molecule has 0 aliphatic rings. The van der Waals surface area contributed by atoms with Crippen molar-refractivity contribution in [3.8, 4) is 11.5 Å². The Hall–Kier alpha value is -1.97. The Bertz CT molecular complexity index is 745. The molecule has 0 spiro atoms. The van der Waals surface area contributed by atoms with E-state index in [0.717, 1.165) is 30.0 Å². The Morgan fingerprint density at radius 1 is 1.18 bits per heavy atom. The molecule has 0 amide bonds. The number of methoxy groups -OCH3 is 1. The average molecular weight is 502 g/mol. The fourth-order valence-electron chi connectivity index (χ4n) is 2.82. The molecular weight excluding hydrogens is 471 g/mol. The number of benzene rings is 1. The predicted molar refractivity (Wildman–Crippen MR) is 123 cm³/mol. The number of nitrogens with zero attached hydrogens (tertiary/aromatic N) is 2. The average Bonchev–Trinajstić information content (AvgIpc) is 3.16. The first-order valence-corrected chi connectivity index (χ1v) is 9.39. The van der Waals surface area contributed by atoms with Gasteiger partial charge in [0.1, 0.15) is 0 Å². The van der Waals surface area contributed by atoms with E-state index < -0.39 is 0 Å². The number of aliphatic imine (C=N–C) groups is 1. The number of halogens is 1. The van der Waals surface area contributed by atoms with Crippen LogP contribution in [0, 0.1) is 0 Å². The van der Waals surface area contributed by atoms with Crippen LogP contribution in [0.15, 0.2) is 33.8 Å². The Kier molecular flexibility index (Phi) is 10.7. The topological polar surface area (TPSA) is 80.9 Å². The Morgan fingerprint density at radius 2 is 1.93 bits per heavy atom. The highest BCUT2D eigenvalue weighted by molar-refractivity contribution is 14.0. The van der Waals surface area contributed by atoms with Gasteiger partial charge in [0.05, 0.1) is 26.0 Å². The van der Waals surface area contributed by atoms with Crippen LogP contribution in [-0.2, 0) is 6.54 Å². The predicted octanol–water partition coefficient (Wildman–Crippen LogP) is 4.79. The zero-order valence-corrected chi connectivity index (χ0v) is 19.6. The summed E-state index contributed by atoms with van der Waals surface area (Å²) in [6.07, 6.45) is 2.11. The van der Waals surface area contributed by atoms with Crippen LogP contribution in [-0.4, -0.2) is 31.9 Å². The maximum atomic E-state index is 5.54. The summed E-state index contributed by atoms with van der Waals surface area (Å²) in [4.78, 5) is 4.25. The van der Waals surface area contributed by atoms with Crippen molar-refractivity contribution in [1.29, 1.82) is 0 Å². The molecule has 0 saturated heterocycles. The molecule has 0 bridgehead atoms. The maximum Gasteiger partial charge on any atom is 0.195 e. The second kappa shape index (κ2) is 12.5. The number of ether oxygens (including phenoxy) is 2. The Morgan fingerprint density at radius 3 is 2.54 bits per heavy atom. The molecule has 1 aromatic heterocycles. The van der Waals surface area contributed by atoms with E-state index >= 15 is 0 Å². The maximum absolute atomic E-state index is 5.54. The van der Waals surface area contributed by atoms with E-state index in [-0.39, 0.29) is 24.0 Å². The van der Waals surface area contributed by atoms with Crippen molar-refractivity contribution in [2.75, 3.05) is 26.1 Å². The monoisotopic (exact) mass is 502 g/mol. The minimum Gasteiger partial charge on any atom is -0.493 e. The van der Waals surface area contributed by atoms with Crippen LogP contribution in [0.4, 0.5) is 5.69 Å². The SMILES string of the molecule is CCOc1ccc(NC(=NC)NCc2cc(C(CC)CC)no2)cc1OC.I. The largest absolute Gasteiger partial charge is 0.493 e. The highest BCUT2D eigenvalue weighted by Crippen LogP contribution is 2.30. The fourth-order valence-corrected chi connectivity index (χ4v) is 2.82. The van der Waals surface area contributed by atoms with Crippen molar-refractivity contribution in [3.63, 3.8) is 0 Å². The van der Waals surface area contributed by atoms with Crippen LogP contribution in [0.2, 0.25) is 0 Å². The van der Waals surface area contributed by atoms with Crippen molar-refractivity contribution in [3.05, 3.63) is 35.7 Å². The van der Waals surface area contributed by atoms with Gasteiger partial charge in [-0.3, -0.25) is 4.99 Å². The van der Waals surface area contributed by atoms with Crippen LogP contribution in [0.25, 0.3) is 0 Å². The van der Waals surface area contributed by atoms with Gasteiger partial charge in [0.15, 0.2) is 23.2 Å². The van der Waals surface area contributed by atoms with Gasteiger partial charge in [-0.05, 0) is 31.9 Å². The molecule has 2 N–H and O–H groups in total. The summed E-state index contributed by atoms with van der Waals surface area (Å²) in [6, 6.07) is 7.67. The molecule has 2 aromatic rings. The Labute approximate surface area is 184 Å². The van der Waals surface area contributed by atoms with E-state index in [4.69, 9.17) is 14.0 Å². The van der Waals surface area contributed by atoms with Crippen molar-refractivity contribution in [2.24, 2.45) is 4.99 Å². The van der Waals surface area contributed by atoms with Gasteiger partial charge in [0.2, 0.25) is 0 Å². The quantitative estimate of drug-likeness (QED) is 0.292. The molecule has 156 valence electrons. The zero-order chi connectivity index (χ0) is 19.6. The third-order valence-electron chi connectivity index (χ3n) is 4.36. The number of hydrogen-bond acceptors (Lipinski definition) is 5. The van der Waals surface area contributed by atoms with Crippen LogP contribution in [0.1, 0.15) is 51.0 Å². The fraction of sp³-hybridized carbons (Fsp3) is 0.500. The van der Waals surface area contributed by atoms with Gasteiger partial charge >= 0.3 is 0 Å². The number of guanidine groups is 1. The van der Waals surface area contributed by atoms with Gasteiger partial charge in [-0.15, -0.1) is 24.0 Å². The van der Waals surface area contributed by atoms with Gasteiger partial charge in [-0.25, -0.2) is 0 Å². The standard InChI is InChI=1S/C20H30N4O3.HI/c1-6-14(7-2)17-12-16(27-24-17)13-22-20(21-4)23-15-9-10-18(26-8-3)19(11-15)25-5;/h9-12,14H,6-8,13H2,1-5H3,(H2,21,22,23);1H. The third-order valence-corrected chi connectivity index (χ3v) is 4.36. The highest BCUT2D eigenvalue weighted by Gasteiger charge is 2.13. The number of rotatable bonds is 9. The van der Waals surface area contributed by atoms with Crippen LogP contribution in [0.5, 0.6) is 11.5 Å². The normalized spacial score (nSPS) is 11.1. The minimum atomic E-state index is 0. The lowest BCUT2D eigenvalue weighted by molar-refractivity contribution is 0.311. The summed E-state index contributed by atoms with van der Waals surface area (Å²) in [6.45, 7) is 7.36. The van der Waals surface area contributed by atoms with Crippen LogP contribution >= 0.6 is 24.0 Å². The van der Waals surface area contributed by atoms with Crippen molar-refractivity contribution >= 4 is 35.6 Å².